The van der Waals surface area contributed by atoms with E-state index < -0.39 is 5.60 Å². The van der Waals surface area contributed by atoms with Crippen LogP contribution in [0.2, 0.25) is 0 Å². The van der Waals surface area contributed by atoms with Crippen molar-refractivity contribution in [2.45, 2.75) is 69.9 Å². The Kier molecular flexibility index (Phi) is 4.54. The fraction of sp³-hybridized carbons (Fsp3) is 0.636. The van der Waals surface area contributed by atoms with E-state index in [0.29, 0.717) is 24.2 Å². The lowest BCUT2D eigenvalue weighted by atomic mass is 9.53. The average Bonchev–Trinajstić information content (AvgIpc) is 2.85. The smallest absolute Gasteiger partial charge is 0.310 e. The van der Waals surface area contributed by atoms with Crippen molar-refractivity contribution in [3.8, 4) is 0 Å². The van der Waals surface area contributed by atoms with Crippen molar-refractivity contribution in [1.29, 1.82) is 0 Å². The van der Waals surface area contributed by atoms with Crippen LogP contribution in [0.3, 0.4) is 0 Å². The molecular weight excluding hydrogens is 326 g/mol. The van der Waals surface area contributed by atoms with Gasteiger partial charge in [-0.1, -0.05) is 43.2 Å². The molecule has 0 bridgehead atoms. The van der Waals surface area contributed by atoms with Gasteiger partial charge in [-0.2, -0.15) is 0 Å². The van der Waals surface area contributed by atoms with Crippen LogP contribution < -0.4 is 5.32 Å². The van der Waals surface area contributed by atoms with Crippen molar-refractivity contribution in [3.05, 3.63) is 35.9 Å². The Morgan fingerprint density at radius 3 is 2.50 bits per heavy atom. The Bertz CT molecular complexity index is 684. The lowest BCUT2D eigenvalue weighted by molar-refractivity contribution is -0.149. The third kappa shape index (κ3) is 3.26. The van der Waals surface area contributed by atoms with E-state index >= 15 is 0 Å². The topological polar surface area (TPSA) is 55.4 Å². The molecule has 1 heterocycles. The highest BCUT2D eigenvalue weighted by Gasteiger charge is 2.52. The number of benzene rings is 1. The first-order chi connectivity index (χ1) is 12.4. The SMILES string of the molecule is CC1(C)C[C@H](CC(=O)N[C@H]2[C@H]3CCCC[C@H]3[C@@H]2c2ccccc2)C(=O)O1. The van der Waals surface area contributed by atoms with Crippen LogP contribution in [0.4, 0.5) is 0 Å². The third-order valence-corrected chi connectivity index (χ3v) is 6.58. The Hall–Kier alpha value is -1.84. The fourth-order valence-electron chi connectivity index (χ4n) is 5.49. The molecule has 2 saturated carbocycles. The van der Waals surface area contributed by atoms with Crippen LogP contribution in [0, 0.1) is 17.8 Å². The van der Waals surface area contributed by atoms with Crippen molar-refractivity contribution < 1.29 is 14.3 Å². The van der Waals surface area contributed by atoms with Crippen molar-refractivity contribution in [2.75, 3.05) is 0 Å². The molecule has 1 aliphatic heterocycles. The number of hydrogen-bond donors (Lipinski definition) is 1. The quantitative estimate of drug-likeness (QED) is 0.836. The van der Waals surface area contributed by atoms with Gasteiger partial charge in [-0.15, -0.1) is 0 Å². The molecule has 0 spiro atoms. The molecule has 0 aromatic heterocycles. The Balaban J connectivity index is 1.44. The predicted octanol–water partition coefficient (Wildman–Crippen LogP) is 3.81. The first kappa shape index (κ1) is 17.6. The molecule has 4 rings (SSSR count). The number of amides is 1. The lowest BCUT2D eigenvalue weighted by Gasteiger charge is -2.55. The number of nitrogens with one attached hydrogen (secondary N) is 1. The summed E-state index contributed by atoms with van der Waals surface area (Å²) in [5.41, 5.74) is 0.891. The molecule has 4 nitrogen and oxygen atoms in total. The molecule has 1 aromatic carbocycles. The molecular formula is C22H29NO3. The van der Waals surface area contributed by atoms with Gasteiger partial charge in [0.15, 0.2) is 0 Å². The van der Waals surface area contributed by atoms with Gasteiger partial charge in [0.05, 0.1) is 5.92 Å². The number of hydrogen-bond acceptors (Lipinski definition) is 3. The number of carbonyl (C=O) groups is 2. The van der Waals surface area contributed by atoms with Crippen LogP contribution in [0.5, 0.6) is 0 Å². The molecule has 26 heavy (non-hydrogen) atoms. The summed E-state index contributed by atoms with van der Waals surface area (Å²) in [6, 6.07) is 10.8. The second-order valence-electron chi connectivity index (χ2n) is 8.93. The monoisotopic (exact) mass is 355 g/mol. The van der Waals surface area contributed by atoms with Crippen LogP contribution in [0.15, 0.2) is 30.3 Å². The van der Waals surface area contributed by atoms with Crippen LogP contribution in [0.25, 0.3) is 0 Å². The molecule has 3 aliphatic rings. The van der Waals surface area contributed by atoms with Crippen LogP contribution in [-0.4, -0.2) is 23.5 Å². The molecule has 1 amide bonds. The van der Waals surface area contributed by atoms with Crippen molar-refractivity contribution in [2.24, 2.45) is 17.8 Å². The number of cyclic esters (lactones) is 1. The van der Waals surface area contributed by atoms with E-state index in [2.05, 4.69) is 29.6 Å². The van der Waals surface area contributed by atoms with Gasteiger partial charge < -0.3 is 10.1 Å². The number of esters is 1. The molecule has 0 radical (unpaired) electrons. The van der Waals surface area contributed by atoms with Crippen LogP contribution in [-0.2, 0) is 14.3 Å². The summed E-state index contributed by atoms with van der Waals surface area (Å²) in [6.45, 7) is 3.82. The molecule has 5 atom stereocenters. The second kappa shape index (κ2) is 6.71. The zero-order chi connectivity index (χ0) is 18.3. The minimum absolute atomic E-state index is 0.000366. The standard InChI is InChI=1S/C22H29NO3/c1-22(2)13-15(21(25)26-22)12-18(24)23-20-17-11-7-6-10-16(17)19(20)14-8-4-3-5-9-14/h3-5,8-9,15-17,19-20H,6-7,10-13H2,1-2H3,(H,23,24)/t15-,16+,17-,19-,20-/m0/s1. The Morgan fingerprint density at radius 1 is 1.15 bits per heavy atom. The maximum absolute atomic E-state index is 12.7. The molecule has 3 fully saturated rings. The minimum atomic E-state index is -0.445. The molecule has 1 saturated heterocycles. The molecule has 1 aromatic rings. The Morgan fingerprint density at radius 2 is 1.85 bits per heavy atom. The molecule has 4 heteroatoms. The Labute approximate surface area is 155 Å². The lowest BCUT2D eigenvalue weighted by Crippen LogP contribution is -2.59. The van der Waals surface area contributed by atoms with E-state index in [9.17, 15) is 9.59 Å². The first-order valence-electron chi connectivity index (χ1n) is 10.0. The zero-order valence-corrected chi connectivity index (χ0v) is 15.7. The highest BCUT2D eigenvalue weighted by molar-refractivity contribution is 5.84. The second-order valence-corrected chi connectivity index (χ2v) is 8.93. The van der Waals surface area contributed by atoms with Crippen molar-refractivity contribution in [3.63, 3.8) is 0 Å². The zero-order valence-electron chi connectivity index (χ0n) is 15.7. The third-order valence-electron chi connectivity index (χ3n) is 6.58. The number of ether oxygens (including phenoxy) is 1. The van der Waals surface area contributed by atoms with E-state index in [1.807, 2.05) is 19.9 Å². The summed E-state index contributed by atoms with van der Waals surface area (Å²) < 4.78 is 5.36. The van der Waals surface area contributed by atoms with Gasteiger partial charge in [-0.25, -0.2) is 0 Å². The summed E-state index contributed by atoms with van der Waals surface area (Å²) in [6.07, 6.45) is 5.90. The number of rotatable bonds is 4. The van der Waals surface area contributed by atoms with Crippen LogP contribution in [0.1, 0.15) is 63.9 Å². The van der Waals surface area contributed by atoms with Gasteiger partial charge in [0, 0.05) is 24.8 Å². The summed E-state index contributed by atoms with van der Waals surface area (Å²) >= 11 is 0. The first-order valence-corrected chi connectivity index (χ1v) is 10.0. The van der Waals surface area contributed by atoms with Gasteiger partial charge in [0.25, 0.3) is 0 Å². The predicted molar refractivity (Wildman–Crippen MR) is 99.5 cm³/mol. The summed E-state index contributed by atoms with van der Waals surface area (Å²) in [7, 11) is 0. The van der Waals surface area contributed by atoms with Crippen LogP contribution >= 0.6 is 0 Å². The fourth-order valence-corrected chi connectivity index (χ4v) is 5.49. The van der Waals surface area contributed by atoms with E-state index in [-0.39, 0.29) is 30.3 Å². The van der Waals surface area contributed by atoms with E-state index in [0.717, 1.165) is 0 Å². The maximum atomic E-state index is 12.7. The van der Waals surface area contributed by atoms with E-state index in [4.69, 9.17) is 4.74 Å². The van der Waals surface area contributed by atoms with Gasteiger partial charge in [0.2, 0.25) is 5.91 Å². The van der Waals surface area contributed by atoms with Gasteiger partial charge >= 0.3 is 5.97 Å². The normalized spacial score (nSPS) is 35.2. The molecule has 1 N–H and O–H groups in total. The number of fused-ring (bicyclic) bond motifs is 1. The molecule has 140 valence electrons. The molecule has 0 unspecified atom stereocenters. The van der Waals surface area contributed by atoms with Crippen molar-refractivity contribution >= 4 is 11.9 Å². The minimum Gasteiger partial charge on any atom is -0.459 e. The van der Waals surface area contributed by atoms with Gasteiger partial charge in [0.1, 0.15) is 5.60 Å². The average molecular weight is 355 g/mol. The largest absolute Gasteiger partial charge is 0.459 e. The highest BCUT2D eigenvalue weighted by Crippen LogP contribution is 2.54. The van der Waals surface area contributed by atoms with E-state index in [1.54, 1.807) is 0 Å². The maximum Gasteiger partial charge on any atom is 0.310 e. The van der Waals surface area contributed by atoms with Gasteiger partial charge in [-0.3, -0.25) is 9.59 Å². The molecule has 2 aliphatic carbocycles. The van der Waals surface area contributed by atoms with E-state index in [1.165, 1.54) is 31.2 Å². The summed E-state index contributed by atoms with van der Waals surface area (Å²) in [5.74, 6) is 1.16. The van der Waals surface area contributed by atoms with Gasteiger partial charge in [-0.05, 0) is 44.1 Å². The summed E-state index contributed by atoms with van der Waals surface area (Å²) in [4.78, 5) is 24.7. The van der Waals surface area contributed by atoms with Crippen molar-refractivity contribution in [1.82, 2.24) is 5.32 Å². The highest BCUT2D eigenvalue weighted by atomic mass is 16.6. The number of carbonyl (C=O) groups excluding carboxylic acids is 2. The summed E-state index contributed by atoms with van der Waals surface area (Å²) in [5, 5.41) is 3.29.